The van der Waals surface area contributed by atoms with E-state index in [1.807, 2.05) is 0 Å². The molecule has 0 aromatic heterocycles. The molecule has 0 saturated heterocycles. The molecular formula is C45H49F10N3O9. The van der Waals surface area contributed by atoms with Crippen LogP contribution in [-0.4, -0.2) is 65.0 Å². The maximum Gasteiger partial charge on any atom is 0.407 e. The summed E-state index contributed by atoms with van der Waals surface area (Å²) >= 11 is 0. The minimum atomic E-state index is -0.886. The van der Waals surface area contributed by atoms with E-state index in [-0.39, 0.29) is 71.5 Å². The fraction of sp³-hybridized carbons (Fsp3) is 0.267. The number of methoxy groups -OCH3 is 5. The Kier molecular flexibility index (Phi) is 26.2. The summed E-state index contributed by atoms with van der Waals surface area (Å²) in [6.45, 7) is 5.07. The average Bonchev–Trinajstić information content (AvgIpc) is 3.25. The van der Waals surface area contributed by atoms with Gasteiger partial charge in [0.25, 0.3) is 0 Å². The van der Waals surface area contributed by atoms with E-state index in [1.165, 1.54) is 53.7 Å². The lowest BCUT2D eigenvalue weighted by atomic mass is 10.2. The van der Waals surface area contributed by atoms with Crippen LogP contribution in [0.5, 0.6) is 28.7 Å². The molecule has 0 unspecified atom stereocenters. The molecule has 0 bridgehead atoms. The van der Waals surface area contributed by atoms with Crippen LogP contribution < -0.4 is 34.7 Å². The predicted molar refractivity (Wildman–Crippen MR) is 227 cm³/mol. The summed E-state index contributed by atoms with van der Waals surface area (Å²) in [5, 5.41) is 13.2. The number of nitrogens with zero attached hydrogens (tertiary/aromatic N) is 1. The zero-order valence-electron chi connectivity index (χ0n) is 36.4. The molecule has 368 valence electrons. The molecule has 12 nitrogen and oxygen atoms in total. The molecule has 0 saturated carbocycles. The Morgan fingerprint density at radius 2 is 0.970 bits per heavy atom. The average molecular weight is 966 g/mol. The van der Waals surface area contributed by atoms with Gasteiger partial charge in [0.05, 0.1) is 47.3 Å². The first-order valence-corrected chi connectivity index (χ1v) is 18.4. The van der Waals surface area contributed by atoms with Gasteiger partial charge in [0.15, 0.2) is 64.1 Å². The summed E-state index contributed by atoms with van der Waals surface area (Å²) < 4.78 is 156. The SMILES string of the molecule is C.COc1cc(/C=N/O)c(F)cc1F.COc1cc(C=O)c(F)cc1F.COc1cc(CN)c(F)cc1F.COc1cc(CNC(=O)OC(C)(C)C)c(F)cc1F.COc1ccc(F)cc1F. The van der Waals surface area contributed by atoms with Crippen LogP contribution in [0.1, 0.15) is 55.2 Å². The second-order valence-corrected chi connectivity index (χ2v) is 13.4. The van der Waals surface area contributed by atoms with E-state index < -0.39 is 69.9 Å². The fourth-order valence-electron chi connectivity index (χ4n) is 4.52. The van der Waals surface area contributed by atoms with Crippen molar-refractivity contribution in [2.75, 3.05) is 35.5 Å². The summed E-state index contributed by atoms with van der Waals surface area (Å²) in [7, 11) is 6.43. The van der Waals surface area contributed by atoms with Crippen LogP contribution in [0, 0.1) is 58.2 Å². The molecule has 5 aromatic rings. The van der Waals surface area contributed by atoms with Crippen LogP contribution in [0.25, 0.3) is 0 Å². The number of rotatable bonds is 10. The van der Waals surface area contributed by atoms with Gasteiger partial charge in [-0.05, 0) is 57.2 Å². The Morgan fingerprint density at radius 1 is 0.582 bits per heavy atom. The number of ether oxygens (including phenoxy) is 6. The summed E-state index contributed by atoms with van der Waals surface area (Å²) in [6, 6.07) is 10.5. The summed E-state index contributed by atoms with van der Waals surface area (Å²) in [4.78, 5) is 21.6. The Labute approximate surface area is 379 Å². The van der Waals surface area contributed by atoms with Gasteiger partial charge in [-0.25, -0.2) is 48.7 Å². The molecule has 0 heterocycles. The summed E-state index contributed by atoms with van der Waals surface area (Å²) in [5.74, 6) is -7.75. The maximum atomic E-state index is 13.5. The highest BCUT2D eigenvalue weighted by molar-refractivity contribution is 5.80. The van der Waals surface area contributed by atoms with Gasteiger partial charge in [-0.1, -0.05) is 12.6 Å². The standard InChI is InChI=1S/C13H17F2NO3.C8H7F2NO2.C8H9F2NO.C8H6F2O2.C7H6F2O.CH4/c1-13(2,3)19-12(17)16-7-8-5-11(18-4)10(15)6-9(8)14;1-13-8-2-5(4-11-12)6(9)3-7(8)10;2*1-12-8-2-5(4-11)6(9)3-7(8)10;1-10-7-3-2-5(8)4-6(7)9;/h5-6H,7H2,1-4H3,(H,16,17);2-4,12H,1H3;2-3H,4,11H2,1H3;2-4H,1H3;2-4H,1H3;1H4/b;11-4+;;;;. The van der Waals surface area contributed by atoms with Gasteiger partial charge in [-0.2, -0.15) is 0 Å². The lowest BCUT2D eigenvalue weighted by Crippen LogP contribution is -2.32. The normalized spacial score (nSPS) is 10.1. The number of carbonyl (C=O) groups is 2. The third kappa shape index (κ3) is 20.2. The largest absolute Gasteiger partial charge is 0.494 e. The molecule has 1 amide bonds. The zero-order chi connectivity index (χ0) is 50.3. The van der Waals surface area contributed by atoms with E-state index >= 15 is 0 Å². The number of alkyl carbamates (subject to hydrolysis) is 1. The molecule has 0 radical (unpaired) electrons. The molecule has 0 spiro atoms. The van der Waals surface area contributed by atoms with Crippen molar-refractivity contribution in [3.63, 3.8) is 0 Å². The van der Waals surface area contributed by atoms with Crippen molar-refractivity contribution in [1.29, 1.82) is 0 Å². The number of hydrogen-bond donors (Lipinski definition) is 3. The zero-order valence-corrected chi connectivity index (χ0v) is 36.4. The Bertz CT molecular complexity index is 2380. The predicted octanol–water partition coefficient (Wildman–Crippen LogP) is 10.6. The monoisotopic (exact) mass is 965 g/mol. The maximum absolute atomic E-state index is 13.5. The van der Waals surface area contributed by atoms with E-state index in [0.29, 0.717) is 24.5 Å². The van der Waals surface area contributed by atoms with E-state index in [9.17, 15) is 53.5 Å². The van der Waals surface area contributed by atoms with Crippen molar-refractivity contribution in [1.82, 2.24) is 5.32 Å². The number of oxime groups is 1. The minimum absolute atomic E-state index is 0. The van der Waals surface area contributed by atoms with Crippen molar-refractivity contribution < 1.29 is 87.1 Å². The van der Waals surface area contributed by atoms with Gasteiger partial charge in [0.1, 0.15) is 34.7 Å². The molecule has 5 rings (SSSR count). The number of nitrogens with one attached hydrogen (secondary N) is 1. The van der Waals surface area contributed by atoms with Crippen LogP contribution in [-0.2, 0) is 17.8 Å². The molecule has 0 fully saturated rings. The van der Waals surface area contributed by atoms with E-state index in [1.54, 1.807) is 20.8 Å². The first-order valence-electron chi connectivity index (χ1n) is 18.4. The number of nitrogens with two attached hydrogens (primary N) is 1. The molecule has 0 atom stereocenters. The van der Waals surface area contributed by atoms with Gasteiger partial charge in [-0.15, -0.1) is 0 Å². The highest BCUT2D eigenvalue weighted by atomic mass is 19.2. The van der Waals surface area contributed by atoms with Crippen LogP contribution >= 0.6 is 0 Å². The summed E-state index contributed by atoms with van der Waals surface area (Å²) in [5.41, 5.74) is 4.67. The molecule has 5 aromatic carbocycles. The Balaban J connectivity index is 0.000000824. The number of hydrogen-bond acceptors (Lipinski definition) is 11. The van der Waals surface area contributed by atoms with Gasteiger partial charge < -0.3 is 44.7 Å². The van der Waals surface area contributed by atoms with Crippen molar-refractivity contribution >= 4 is 18.6 Å². The first-order chi connectivity index (χ1) is 31.0. The second kappa shape index (κ2) is 29.3. The van der Waals surface area contributed by atoms with E-state index in [2.05, 4.69) is 29.4 Å². The van der Waals surface area contributed by atoms with Gasteiger partial charge >= 0.3 is 6.09 Å². The number of benzene rings is 5. The minimum Gasteiger partial charge on any atom is -0.494 e. The number of amides is 1. The molecule has 0 aliphatic rings. The summed E-state index contributed by atoms with van der Waals surface area (Å²) in [6.07, 6.45) is 0.490. The van der Waals surface area contributed by atoms with Gasteiger partial charge in [-0.3, -0.25) is 4.79 Å². The topological polar surface area (TPSA) is 160 Å². The van der Waals surface area contributed by atoms with Crippen LogP contribution in [0.2, 0.25) is 0 Å². The number of halogens is 10. The highest BCUT2D eigenvalue weighted by Gasteiger charge is 2.17. The van der Waals surface area contributed by atoms with Crippen LogP contribution in [0.4, 0.5) is 48.7 Å². The van der Waals surface area contributed by atoms with Crippen molar-refractivity contribution in [2.24, 2.45) is 10.9 Å². The molecule has 4 N–H and O–H groups in total. The lowest BCUT2D eigenvalue weighted by Gasteiger charge is -2.19. The smallest absolute Gasteiger partial charge is 0.407 e. The van der Waals surface area contributed by atoms with Crippen LogP contribution in [0.3, 0.4) is 0 Å². The second-order valence-electron chi connectivity index (χ2n) is 13.4. The quantitative estimate of drug-likeness (QED) is 0.0404. The fourth-order valence-corrected chi connectivity index (χ4v) is 4.52. The first kappa shape index (κ1) is 59.8. The highest BCUT2D eigenvalue weighted by Crippen LogP contribution is 2.24. The number of aldehydes is 1. The number of carbonyl (C=O) groups excluding carboxylic acids is 2. The van der Waals surface area contributed by atoms with Crippen molar-refractivity contribution in [2.45, 2.75) is 46.9 Å². The molecule has 67 heavy (non-hydrogen) atoms. The van der Waals surface area contributed by atoms with Gasteiger partial charge in [0, 0.05) is 60.1 Å². The molecule has 0 aliphatic carbocycles. The lowest BCUT2D eigenvalue weighted by molar-refractivity contribution is 0.0523. The van der Waals surface area contributed by atoms with Crippen molar-refractivity contribution in [3.8, 4) is 28.7 Å². The Morgan fingerprint density at radius 3 is 1.37 bits per heavy atom. The van der Waals surface area contributed by atoms with E-state index in [4.69, 9.17) is 20.4 Å². The van der Waals surface area contributed by atoms with Crippen molar-refractivity contribution in [3.05, 3.63) is 147 Å². The van der Waals surface area contributed by atoms with Crippen LogP contribution in [0.15, 0.2) is 71.9 Å². The van der Waals surface area contributed by atoms with E-state index in [0.717, 1.165) is 36.5 Å². The molecular weight excluding hydrogens is 916 g/mol. The third-order valence-electron chi connectivity index (χ3n) is 7.66. The molecule has 22 heteroatoms. The van der Waals surface area contributed by atoms with Gasteiger partial charge in [0.2, 0.25) is 0 Å². The molecule has 0 aliphatic heterocycles. The Hall–Kier alpha value is -7.23. The third-order valence-corrected chi connectivity index (χ3v) is 7.66.